The fraction of sp³-hybridized carbons (Fsp3) is 0.158. The lowest BCUT2D eigenvalue weighted by molar-refractivity contribution is 0.0953. The zero-order valence-electron chi connectivity index (χ0n) is 13.6. The summed E-state index contributed by atoms with van der Waals surface area (Å²) in [5, 5.41) is 5.75. The van der Waals surface area contributed by atoms with Crippen molar-refractivity contribution in [1.29, 1.82) is 0 Å². The van der Waals surface area contributed by atoms with Crippen molar-refractivity contribution in [3.05, 3.63) is 75.6 Å². The Morgan fingerprint density at radius 2 is 1.88 bits per heavy atom. The van der Waals surface area contributed by atoms with Crippen LogP contribution in [0.2, 0.25) is 0 Å². The van der Waals surface area contributed by atoms with E-state index in [1.54, 1.807) is 11.3 Å². The summed E-state index contributed by atoms with van der Waals surface area (Å²) in [4.78, 5) is 16.4. The Bertz CT molecular complexity index is 891. The molecule has 3 aromatic rings. The van der Waals surface area contributed by atoms with Gasteiger partial charge in [-0.15, -0.1) is 11.3 Å². The molecule has 1 heterocycles. The number of thiazole rings is 1. The van der Waals surface area contributed by atoms with E-state index in [0.717, 1.165) is 34.0 Å². The molecule has 1 N–H and O–H groups in total. The van der Waals surface area contributed by atoms with Crippen LogP contribution in [0.15, 0.2) is 47.8 Å². The fourth-order valence-electron chi connectivity index (χ4n) is 2.40. The summed E-state index contributed by atoms with van der Waals surface area (Å²) in [7, 11) is 0. The lowest BCUT2D eigenvalue weighted by Crippen LogP contribution is -2.25. The molecule has 3 nitrogen and oxygen atoms in total. The second-order valence-corrected chi connectivity index (χ2v) is 6.65. The van der Waals surface area contributed by atoms with Crippen LogP contribution in [0.3, 0.4) is 0 Å². The highest BCUT2D eigenvalue weighted by molar-refractivity contribution is 7.09. The largest absolute Gasteiger partial charge is 0.352 e. The van der Waals surface area contributed by atoms with Gasteiger partial charge in [-0.1, -0.05) is 24.3 Å². The molecule has 0 spiro atoms. The van der Waals surface area contributed by atoms with Gasteiger partial charge in [-0.25, -0.2) is 13.8 Å². The maximum Gasteiger partial charge on any atom is 0.251 e. The van der Waals surface area contributed by atoms with Gasteiger partial charge < -0.3 is 5.32 Å². The molecular formula is C19H16F2N2OS. The SMILES string of the molecule is Cc1nc(-c2ccc(CCNC(=O)c3ccc(F)c(F)c3)cc2)cs1. The summed E-state index contributed by atoms with van der Waals surface area (Å²) in [6, 6.07) is 11.1. The van der Waals surface area contributed by atoms with Crippen LogP contribution in [0.5, 0.6) is 0 Å². The summed E-state index contributed by atoms with van der Waals surface area (Å²) >= 11 is 1.61. The quantitative estimate of drug-likeness (QED) is 0.736. The molecule has 0 saturated heterocycles. The van der Waals surface area contributed by atoms with Crippen LogP contribution in [-0.4, -0.2) is 17.4 Å². The Balaban J connectivity index is 1.55. The Kier molecular flexibility index (Phi) is 5.19. The molecule has 0 bridgehead atoms. The molecule has 6 heteroatoms. The maximum atomic E-state index is 13.1. The highest BCUT2D eigenvalue weighted by atomic mass is 32.1. The van der Waals surface area contributed by atoms with E-state index in [1.807, 2.05) is 36.6 Å². The van der Waals surface area contributed by atoms with E-state index in [2.05, 4.69) is 10.3 Å². The smallest absolute Gasteiger partial charge is 0.251 e. The first-order valence-electron chi connectivity index (χ1n) is 7.77. The van der Waals surface area contributed by atoms with E-state index in [4.69, 9.17) is 0 Å². The van der Waals surface area contributed by atoms with E-state index in [-0.39, 0.29) is 5.56 Å². The number of benzene rings is 2. The monoisotopic (exact) mass is 358 g/mol. The van der Waals surface area contributed by atoms with E-state index >= 15 is 0 Å². The summed E-state index contributed by atoms with van der Waals surface area (Å²) in [6.45, 7) is 2.38. The molecule has 0 aliphatic heterocycles. The van der Waals surface area contributed by atoms with Crippen molar-refractivity contribution in [3.8, 4) is 11.3 Å². The van der Waals surface area contributed by atoms with E-state index in [0.29, 0.717) is 13.0 Å². The molecule has 0 fully saturated rings. The van der Waals surface area contributed by atoms with E-state index < -0.39 is 17.5 Å². The van der Waals surface area contributed by atoms with Crippen molar-refractivity contribution >= 4 is 17.2 Å². The van der Waals surface area contributed by atoms with Gasteiger partial charge >= 0.3 is 0 Å². The first-order chi connectivity index (χ1) is 12.0. The minimum Gasteiger partial charge on any atom is -0.352 e. The summed E-state index contributed by atoms with van der Waals surface area (Å²) in [5.41, 5.74) is 3.19. The third-order valence-corrected chi connectivity index (χ3v) is 4.52. The van der Waals surface area contributed by atoms with Gasteiger partial charge in [0, 0.05) is 23.1 Å². The minimum atomic E-state index is -1.03. The topological polar surface area (TPSA) is 42.0 Å². The molecule has 1 amide bonds. The number of halogens is 2. The van der Waals surface area contributed by atoms with Gasteiger partial charge in [-0.05, 0) is 37.1 Å². The zero-order chi connectivity index (χ0) is 17.8. The van der Waals surface area contributed by atoms with Gasteiger partial charge in [0.2, 0.25) is 0 Å². The minimum absolute atomic E-state index is 0.105. The average Bonchev–Trinajstić information content (AvgIpc) is 3.04. The third kappa shape index (κ3) is 4.28. The molecule has 0 unspecified atom stereocenters. The number of carbonyl (C=O) groups excluding carboxylic acids is 1. The van der Waals surface area contributed by atoms with E-state index in [9.17, 15) is 13.6 Å². The molecule has 25 heavy (non-hydrogen) atoms. The molecule has 0 aliphatic rings. The van der Waals surface area contributed by atoms with Gasteiger partial charge in [0.05, 0.1) is 10.7 Å². The molecule has 0 radical (unpaired) electrons. The molecule has 1 aromatic heterocycles. The second-order valence-electron chi connectivity index (χ2n) is 5.58. The van der Waals surface area contributed by atoms with Crippen molar-refractivity contribution in [2.45, 2.75) is 13.3 Å². The maximum absolute atomic E-state index is 13.1. The molecule has 0 saturated carbocycles. The normalized spacial score (nSPS) is 10.7. The van der Waals surface area contributed by atoms with Crippen LogP contribution in [0.25, 0.3) is 11.3 Å². The van der Waals surface area contributed by atoms with Crippen molar-refractivity contribution < 1.29 is 13.6 Å². The van der Waals surface area contributed by atoms with Crippen molar-refractivity contribution in [1.82, 2.24) is 10.3 Å². The molecule has 2 aromatic carbocycles. The first kappa shape index (κ1) is 17.2. The van der Waals surface area contributed by atoms with Crippen LogP contribution in [-0.2, 0) is 6.42 Å². The molecule has 0 atom stereocenters. The number of aryl methyl sites for hydroxylation is 1. The second kappa shape index (κ2) is 7.53. The van der Waals surface area contributed by atoms with Gasteiger partial charge in [-0.3, -0.25) is 4.79 Å². The van der Waals surface area contributed by atoms with Gasteiger partial charge in [0.1, 0.15) is 0 Å². The summed E-state index contributed by atoms with van der Waals surface area (Å²) in [5.74, 6) is -2.42. The van der Waals surface area contributed by atoms with Crippen molar-refractivity contribution in [2.24, 2.45) is 0 Å². The average molecular weight is 358 g/mol. The van der Waals surface area contributed by atoms with Crippen LogP contribution < -0.4 is 5.32 Å². The first-order valence-corrected chi connectivity index (χ1v) is 8.65. The Hall–Kier alpha value is -2.60. The predicted molar refractivity (Wildman–Crippen MR) is 94.7 cm³/mol. The highest BCUT2D eigenvalue weighted by Gasteiger charge is 2.09. The Morgan fingerprint density at radius 3 is 2.52 bits per heavy atom. The molecule has 0 aliphatic carbocycles. The van der Waals surface area contributed by atoms with Gasteiger partial charge in [0.25, 0.3) is 5.91 Å². The lowest BCUT2D eigenvalue weighted by Gasteiger charge is -2.06. The fourth-order valence-corrected chi connectivity index (χ4v) is 3.02. The number of aromatic nitrogens is 1. The van der Waals surface area contributed by atoms with E-state index in [1.165, 1.54) is 6.07 Å². The molecule has 128 valence electrons. The number of hydrogen-bond donors (Lipinski definition) is 1. The zero-order valence-corrected chi connectivity index (χ0v) is 14.4. The highest BCUT2D eigenvalue weighted by Crippen LogP contribution is 2.21. The Morgan fingerprint density at radius 1 is 1.12 bits per heavy atom. The molecular weight excluding hydrogens is 342 g/mol. The number of hydrogen-bond acceptors (Lipinski definition) is 3. The van der Waals surface area contributed by atoms with Crippen LogP contribution in [0, 0.1) is 18.6 Å². The van der Waals surface area contributed by atoms with Crippen molar-refractivity contribution in [2.75, 3.05) is 6.54 Å². The third-order valence-electron chi connectivity index (χ3n) is 3.75. The van der Waals surface area contributed by atoms with Gasteiger partial charge in [-0.2, -0.15) is 0 Å². The number of nitrogens with zero attached hydrogens (tertiary/aromatic N) is 1. The number of amides is 1. The number of rotatable bonds is 5. The van der Waals surface area contributed by atoms with Crippen LogP contribution >= 0.6 is 11.3 Å². The standard InChI is InChI=1S/C19H16F2N2OS/c1-12-23-18(11-25-12)14-4-2-13(3-5-14)8-9-22-19(24)15-6-7-16(20)17(21)10-15/h2-7,10-11H,8-9H2,1H3,(H,22,24). The number of nitrogens with one attached hydrogen (secondary N) is 1. The number of carbonyl (C=O) groups is 1. The van der Waals surface area contributed by atoms with Crippen LogP contribution in [0.4, 0.5) is 8.78 Å². The summed E-state index contributed by atoms with van der Waals surface area (Å²) in [6.07, 6.45) is 0.645. The summed E-state index contributed by atoms with van der Waals surface area (Å²) < 4.78 is 26.0. The molecule has 3 rings (SSSR count). The Labute approximate surface area is 148 Å². The van der Waals surface area contributed by atoms with Gasteiger partial charge in [0.15, 0.2) is 11.6 Å². The van der Waals surface area contributed by atoms with Crippen LogP contribution in [0.1, 0.15) is 20.9 Å². The van der Waals surface area contributed by atoms with Crippen molar-refractivity contribution in [3.63, 3.8) is 0 Å². The lowest BCUT2D eigenvalue weighted by atomic mass is 10.1. The predicted octanol–water partition coefficient (Wildman–Crippen LogP) is 4.37.